The maximum Gasteiger partial charge on any atom is 0.416 e. The van der Waals surface area contributed by atoms with E-state index in [1.165, 1.54) is 33.7 Å². The summed E-state index contributed by atoms with van der Waals surface area (Å²) < 4.78 is 39.6. The number of nitrogens with one attached hydrogen (secondary N) is 1. The fourth-order valence-corrected chi connectivity index (χ4v) is 3.32. The van der Waals surface area contributed by atoms with Crippen molar-refractivity contribution in [2.45, 2.75) is 19.3 Å². The molecule has 0 bridgehead atoms. The normalized spacial score (nSPS) is 11.5. The van der Waals surface area contributed by atoms with E-state index in [1.807, 2.05) is 0 Å². The SMILES string of the molecule is C=CCn1c(=S)[nH]c2cc(C(=O)N(C)Cc3ccc(C(F)(F)F)cc3)ccc2c1=O. The molecule has 0 radical (unpaired) electrons. The second-order valence-electron chi connectivity index (χ2n) is 6.75. The Labute approximate surface area is 175 Å². The van der Waals surface area contributed by atoms with Crippen LogP contribution < -0.4 is 5.56 Å². The maximum absolute atomic E-state index is 12.8. The van der Waals surface area contributed by atoms with E-state index in [0.29, 0.717) is 22.0 Å². The molecule has 0 fully saturated rings. The number of rotatable bonds is 5. The zero-order chi connectivity index (χ0) is 22.1. The summed E-state index contributed by atoms with van der Waals surface area (Å²) in [6, 6.07) is 9.26. The fraction of sp³-hybridized carbons (Fsp3) is 0.190. The molecule has 0 aliphatic carbocycles. The molecule has 3 aromatic rings. The number of aromatic nitrogens is 2. The highest BCUT2D eigenvalue weighted by molar-refractivity contribution is 7.71. The quantitative estimate of drug-likeness (QED) is 0.475. The minimum Gasteiger partial charge on any atom is -0.337 e. The molecule has 1 amide bonds. The third kappa shape index (κ3) is 4.35. The molecule has 0 aliphatic heterocycles. The molecule has 0 saturated heterocycles. The Hall–Kier alpha value is -3.20. The van der Waals surface area contributed by atoms with Crippen LogP contribution in [0.2, 0.25) is 0 Å². The Kier molecular flexibility index (Phi) is 5.93. The highest BCUT2D eigenvalue weighted by Gasteiger charge is 2.30. The Morgan fingerprint density at radius 2 is 1.90 bits per heavy atom. The van der Waals surface area contributed by atoms with E-state index in [-0.39, 0.29) is 29.3 Å². The second kappa shape index (κ2) is 8.27. The summed E-state index contributed by atoms with van der Waals surface area (Å²) in [6.45, 7) is 4.00. The second-order valence-corrected chi connectivity index (χ2v) is 7.14. The number of aromatic amines is 1. The number of nitrogens with zero attached hydrogens (tertiary/aromatic N) is 2. The smallest absolute Gasteiger partial charge is 0.337 e. The molecule has 1 heterocycles. The van der Waals surface area contributed by atoms with Crippen LogP contribution in [0.15, 0.2) is 59.9 Å². The lowest BCUT2D eigenvalue weighted by atomic mass is 10.1. The summed E-state index contributed by atoms with van der Waals surface area (Å²) >= 11 is 5.20. The average molecular weight is 433 g/mol. The van der Waals surface area contributed by atoms with Gasteiger partial charge in [-0.15, -0.1) is 6.58 Å². The molecule has 0 unspecified atom stereocenters. The number of alkyl halides is 3. The monoisotopic (exact) mass is 433 g/mol. The van der Waals surface area contributed by atoms with Gasteiger partial charge in [-0.2, -0.15) is 13.2 Å². The first-order valence-corrected chi connectivity index (χ1v) is 9.32. The molecule has 5 nitrogen and oxygen atoms in total. The summed E-state index contributed by atoms with van der Waals surface area (Å²) in [7, 11) is 1.55. The molecule has 156 valence electrons. The summed E-state index contributed by atoms with van der Waals surface area (Å²) in [5.74, 6) is -0.341. The summed E-state index contributed by atoms with van der Waals surface area (Å²) in [5.41, 5.74) is 0.284. The van der Waals surface area contributed by atoms with Crippen LogP contribution in [0.5, 0.6) is 0 Å². The lowest BCUT2D eigenvalue weighted by Crippen LogP contribution is -2.26. The Bertz CT molecular complexity index is 1230. The standard InChI is InChI=1S/C21H18F3N3O2S/c1-3-10-27-19(29)16-9-6-14(11-17(16)25-20(27)30)18(28)26(2)12-13-4-7-15(8-5-13)21(22,23)24/h3-9,11H,1,10,12H2,2H3,(H,25,30). The van der Waals surface area contributed by atoms with Gasteiger partial charge in [-0.1, -0.05) is 18.2 Å². The van der Waals surface area contributed by atoms with Gasteiger partial charge in [0, 0.05) is 25.7 Å². The molecule has 30 heavy (non-hydrogen) atoms. The van der Waals surface area contributed by atoms with Crippen LogP contribution in [-0.2, 0) is 19.3 Å². The fourth-order valence-electron chi connectivity index (χ4n) is 3.05. The van der Waals surface area contributed by atoms with Crippen LogP contribution in [0.25, 0.3) is 10.9 Å². The molecule has 1 N–H and O–H groups in total. The molecule has 9 heteroatoms. The molecule has 0 aliphatic rings. The van der Waals surface area contributed by atoms with Crippen LogP contribution in [0, 0.1) is 4.77 Å². The van der Waals surface area contributed by atoms with Gasteiger partial charge >= 0.3 is 6.18 Å². The number of H-pyrrole nitrogens is 1. The van der Waals surface area contributed by atoms with Gasteiger partial charge in [-0.25, -0.2) is 0 Å². The lowest BCUT2D eigenvalue weighted by molar-refractivity contribution is -0.137. The average Bonchev–Trinajstić information content (AvgIpc) is 2.69. The molecular weight excluding hydrogens is 415 g/mol. The first-order valence-electron chi connectivity index (χ1n) is 8.91. The molecule has 0 spiro atoms. The summed E-state index contributed by atoms with van der Waals surface area (Å²) in [4.78, 5) is 29.6. The third-order valence-corrected chi connectivity index (χ3v) is 4.91. The first-order chi connectivity index (χ1) is 14.1. The van der Waals surface area contributed by atoms with Crippen molar-refractivity contribution in [1.82, 2.24) is 14.5 Å². The number of carbonyl (C=O) groups is 1. The number of halogens is 3. The maximum atomic E-state index is 12.8. The van der Waals surface area contributed by atoms with Gasteiger partial charge in [-0.3, -0.25) is 14.2 Å². The highest BCUT2D eigenvalue weighted by Crippen LogP contribution is 2.29. The van der Waals surface area contributed by atoms with Crippen LogP contribution >= 0.6 is 12.2 Å². The van der Waals surface area contributed by atoms with Gasteiger partial charge in [0.15, 0.2) is 4.77 Å². The van der Waals surface area contributed by atoms with E-state index in [9.17, 15) is 22.8 Å². The number of benzene rings is 2. The Morgan fingerprint density at radius 1 is 1.23 bits per heavy atom. The first kappa shape index (κ1) is 21.5. The van der Waals surface area contributed by atoms with Crippen LogP contribution in [-0.4, -0.2) is 27.4 Å². The van der Waals surface area contributed by atoms with Gasteiger partial charge in [0.2, 0.25) is 0 Å². The summed E-state index contributed by atoms with van der Waals surface area (Å²) in [6.07, 6.45) is -2.85. The third-order valence-electron chi connectivity index (χ3n) is 4.59. The van der Waals surface area contributed by atoms with E-state index in [0.717, 1.165) is 12.1 Å². The van der Waals surface area contributed by atoms with Crippen molar-refractivity contribution in [1.29, 1.82) is 0 Å². The van der Waals surface area contributed by atoms with Crippen molar-refractivity contribution in [2.75, 3.05) is 7.05 Å². The van der Waals surface area contributed by atoms with Crippen molar-refractivity contribution >= 4 is 29.0 Å². The Balaban J connectivity index is 1.85. The minimum atomic E-state index is -4.41. The van der Waals surface area contributed by atoms with E-state index in [2.05, 4.69) is 11.6 Å². The van der Waals surface area contributed by atoms with Gasteiger partial charge < -0.3 is 9.88 Å². The van der Waals surface area contributed by atoms with Gasteiger partial charge in [0.25, 0.3) is 11.5 Å². The Morgan fingerprint density at radius 3 is 2.50 bits per heavy atom. The predicted octanol–water partition coefficient (Wildman–Crippen LogP) is 4.54. The number of allylic oxidation sites excluding steroid dienone is 1. The van der Waals surface area contributed by atoms with Gasteiger partial charge in [0.1, 0.15) is 0 Å². The summed E-state index contributed by atoms with van der Waals surface area (Å²) in [5, 5.41) is 0.382. The van der Waals surface area contributed by atoms with Crippen molar-refractivity contribution in [3.63, 3.8) is 0 Å². The van der Waals surface area contributed by atoms with Crippen molar-refractivity contribution in [3.8, 4) is 0 Å². The largest absolute Gasteiger partial charge is 0.416 e. The molecule has 0 saturated carbocycles. The number of amides is 1. The van der Waals surface area contributed by atoms with Crippen molar-refractivity contribution in [3.05, 3.63) is 86.9 Å². The zero-order valence-corrected chi connectivity index (χ0v) is 16.8. The van der Waals surface area contributed by atoms with Crippen LogP contribution in [0.4, 0.5) is 13.2 Å². The van der Waals surface area contributed by atoms with Gasteiger partial charge in [-0.05, 0) is 48.1 Å². The molecule has 0 atom stereocenters. The number of hydrogen-bond donors (Lipinski definition) is 1. The number of fused-ring (bicyclic) bond motifs is 1. The topological polar surface area (TPSA) is 58.1 Å². The number of carbonyl (C=O) groups excluding carboxylic acids is 1. The highest BCUT2D eigenvalue weighted by atomic mass is 32.1. The molecule has 2 aromatic carbocycles. The molecular formula is C21H18F3N3O2S. The zero-order valence-electron chi connectivity index (χ0n) is 16.0. The lowest BCUT2D eigenvalue weighted by Gasteiger charge is -2.18. The van der Waals surface area contributed by atoms with Crippen LogP contribution in [0.1, 0.15) is 21.5 Å². The molecule has 1 aromatic heterocycles. The van der Waals surface area contributed by atoms with Crippen molar-refractivity contribution in [2.24, 2.45) is 0 Å². The predicted molar refractivity (Wildman–Crippen MR) is 111 cm³/mol. The van der Waals surface area contributed by atoms with Crippen LogP contribution in [0.3, 0.4) is 0 Å². The van der Waals surface area contributed by atoms with Gasteiger partial charge in [0.05, 0.1) is 16.5 Å². The molecule has 3 rings (SSSR count). The minimum absolute atomic E-state index is 0.131. The van der Waals surface area contributed by atoms with E-state index in [4.69, 9.17) is 12.2 Å². The van der Waals surface area contributed by atoms with Crippen molar-refractivity contribution < 1.29 is 18.0 Å². The van der Waals surface area contributed by atoms with E-state index < -0.39 is 11.7 Å². The van der Waals surface area contributed by atoms with E-state index in [1.54, 1.807) is 19.2 Å². The number of hydrogen-bond acceptors (Lipinski definition) is 3. The van der Waals surface area contributed by atoms with E-state index >= 15 is 0 Å².